The van der Waals surface area contributed by atoms with E-state index in [9.17, 15) is 19.8 Å². The van der Waals surface area contributed by atoms with Crippen molar-refractivity contribution >= 4 is 11.7 Å². The number of aromatic nitrogens is 1. The lowest BCUT2D eigenvalue weighted by atomic mass is 10.0. The lowest BCUT2D eigenvalue weighted by molar-refractivity contribution is 0.0691. The number of nitrogens with zero attached hydrogens (tertiary/aromatic N) is 2. The van der Waals surface area contributed by atoms with E-state index in [0.717, 1.165) is 37.4 Å². The molecule has 0 amide bonds. The van der Waals surface area contributed by atoms with Crippen LogP contribution in [0.3, 0.4) is 0 Å². The highest BCUT2D eigenvalue weighted by molar-refractivity contribution is 5.92. The quantitative estimate of drug-likeness (QED) is 0.747. The van der Waals surface area contributed by atoms with Crippen molar-refractivity contribution in [3.8, 4) is 17.0 Å². The molecule has 148 valence electrons. The molecule has 0 bridgehead atoms. The Balaban J connectivity index is 1.63. The largest absolute Gasteiger partial charge is 0.506 e. The fourth-order valence-electron chi connectivity index (χ4n) is 4.69. The van der Waals surface area contributed by atoms with Gasteiger partial charge in [-0.3, -0.25) is 4.79 Å². The second-order valence-corrected chi connectivity index (χ2v) is 7.88. The fourth-order valence-corrected chi connectivity index (χ4v) is 4.69. The van der Waals surface area contributed by atoms with Crippen LogP contribution in [0.25, 0.3) is 11.3 Å². The Morgan fingerprint density at radius 1 is 1.14 bits per heavy atom. The number of benzene rings is 1. The number of nitrogens with one attached hydrogen (secondary N) is 1. The Hall–Kier alpha value is -2.80. The summed E-state index contributed by atoms with van der Waals surface area (Å²) in [5, 5.41) is 19.5. The van der Waals surface area contributed by atoms with Gasteiger partial charge >= 0.3 is 5.97 Å². The van der Waals surface area contributed by atoms with E-state index in [1.54, 1.807) is 0 Å². The van der Waals surface area contributed by atoms with Crippen LogP contribution in [0.4, 0.5) is 5.69 Å². The number of rotatable bonds is 4. The molecule has 2 aromatic rings. The summed E-state index contributed by atoms with van der Waals surface area (Å²) in [5.41, 5.74) is 1.41. The Bertz CT molecular complexity index is 953. The first kappa shape index (κ1) is 18.6. The summed E-state index contributed by atoms with van der Waals surface area (Å²) in [6, 6.07) is 7.89. The van der Waals surface area contributed by atoms with Crippen molar-refractivity contribution in [2.75, 3.05) is 38.1 Å². The van der Waals surface area contributed by atoms with Crippen molar-refractivity contribution in [2.45, 2.75) is 13.3 Å². The van der Waals surface area contributed by atoms with Crippen molar-refractivity contribution in [3.63, 3.8) is 0 Å². The van der Waals surface area contributed by atoms with Crippen LogP contribution in [0, 0.1) is 11.8 Å². The predicted octanol–water partition coefficient (Wildman–Crippen LogP) is 2.01. The maximum absolute atomic E-state index is 12.1. The molecule has 2 aliphatic rings. The normalized spacial score (nSPS) is 21.9. The van der Waals surface area contributed by atoms with Crippen LogP contribution >= 0.6 is 0 Å². The van der Waals surface area contributed by atoms with Crippen LogP contribution in [-0.2, 0) is 6.42 Å². The lowest BCUT2D eigenvalue weighted by Gasteiger charge is -2.22. The van der Waals surface area contributed by atoms with Crippen LogP contribution in [0.1, 0.15) is 22.8 Å². The van der Waals surface area contributed by atoms with E-state index in [-0.39, 0.29) is 0 Å². The summed E-state index contributed by atoms with van der Waals surface area (Å²) >= 11 is 0. The maximum Gasteiger partial charge on any atom is 0.345 e. The first-order valence-corrected chi connectivity index (χ1v) is 9.64. The molecule has 3 N–H and O–H groups in total. The first-order chi connectivity index (χ1) is 13.4. The van der Waals surface area contributed by atoms with Gasteiger partial charge in [-0.25, -0.2) is 4.79 Å². The van der Waals surface area contributed by atoms with Crippen molar-refractivity contribution in [2.24, 2.45) is 11.8 Å². The van der Waals surface area contributed by atoms with Gasteiger partial charge in [-0.2, -0.15) is 0 Å². The number of aromatic amines is 1. The fraction of sp³-hybridized carbons (Fsp3) is 0.429. The van der Waals surface area contributed by atoms with Gasteiger partial charge in [-0.15, -0.1) is 0 Å². The maximum atomic E-state index is 12.1. The number of carboxylic acids is 1. The topological polar surface area (TPSA) is 96.9 Å². The molecule has 0 radical (unpaired) electrons. The second-order valence-electron chi connectivity index (χ2n) is 7.88. The molecule has 2 aliphatic heterocycles. The molecule has 1 aromatic heterocycles. The molecule has 2 fully saturated rings. The first-order valence-electron chi connectivity index (χ1n) is 9.64. The SMILES string of the molecule is CCc1c(-c2ccc(N3CC4CN(C)CC4C3)cc2)[nH]c(=O)c(C(=O)O)c1O. The monoisotopic (exact) mass is 383 g/mol. The van der Waals surface area contributed by atoms with Gasteiger partial charge < -0.3 is 25.0 Å². The van der Waals surface area contributed by atoms with Gasteiger partial charge in [0.2, 0.25) is 0 Å². The molecular formula is C21H25N3O4. The molecule has 1 aromatic carbocycles. The Kier molecular flexibility index (Phi) is 4.63. The minimum Gasteiger partial charge on any atom is -0.506 e. The number of carboxylic acid groups (broad SMARTS) is 1. The van der Waals surface area contributed by atoms with Crippen LogP contribution < -0.4 is 10.5 Å². The molecule has 7 heteroatoms. The van der Waals surface area contributed by atoms with Crippen molar-refractivity contribution < 1.29 is 15.0 Å². The molecule has 0 spiro atoms. The number of hydrogen-bond donors (Lipinski definition) is 3. The predicted molar refractivity (Wildman–Crippen MR) is 107 cm³/mol. The molecule has 4 rings (SSSR count). The third kappa shape index (κ3) is 3.05. The highest BCUT2D eigenvalue weighted by atomic mass is 16.4. The zero-order chi connectivity index (χ0) is 20.0. The minimum absolute atomic E-state index is 0.406. The van der Waals surface area contributed by atoms with E-state index in [0.29, 0.717) is 29.5 Å². The molecule has 28 heavy (non-hydrogen) atoms. The molecule has 7 nitrogen and oxygen atoms in total. The smallest absolute Gasteiger partial charge is 0.345 e. The van der Waals surface area contributed by atoms with Crippen LogP contribution in [0.15, 0.2) is 29.1 Å². The highest BCUT2D eigenvalue weighted by Gasteiger charge is 2.38. The second kappa shape index (κ2) is 6.98. The number of anilines is 1. The Labute approximate surface area is 163 Å². The van der Waals surface area contributed by atoms with Crippen LogP contribution in [0.5, 0.6) is 5.75 Å². The molecule has 0 aliphatic carbocycles. The summed E-state index contributed by atoms with van der Waals surface area (Å²) in [5.74, 6) is -0.448. The summed E-state index contributed by atoms with van der Waals surface area (Å²) in [6.45, 7) is 6.22. The van der Waals surface area contributed by atoms with Crippen molar-refractivity contribution in [1.82, 2.24) is 9.88 Å². The highest BCUT2D eigenvalue weighted by Crippen LogP contribution is 2.35. The van der Waals surface area contributed by atoms with E-state index in [4.69, 9.17) is 0 Å². The molecule has 3 heterocycles. The van der Waals surface area contributed by atoms with E-state index in [2.05, 4.69) is 21.8 Å². The average Bonchev–Trinajstić information content (AvgIpc) is 3.18. The van der Waals surface area contributed by atoms with E-state index in [1.807, 2.05) is 31.2 Å². The van der Waals surface area contributed by atoms with Gasteiger partial charge in [-0.1, -0.05) is 19.1 Å². The van der Waals surface area contributed by atoms with Gasteiger partial charge in [0.1, 0.15) is 5.75 Å². The number of fused-ring (bicyclic) bond motifs is 1. The molecule has 0 saturated carbocycles. The summed E-state index contributed by atoms with van der Waals surface area (Å²) in [7, 11) is 2.18. The molecule has 2 atom stereocenters. The zero-order valence-corrected chi connectivity index (χ0v) is 16.1. The third-order valence-electron chi connectivity index (χ3n) is 6.05. The number of H-pyrrole nitrogens is 1. The van der Waals surface area contributed by atoms with Gasteiger partial charge in [0.15, 0.2) is 5.56 Å². The Morgan fingerprint density at radius 2 is 1.75 bits per heavy atom. The van der Waals surface area contributed by atoms with E-state index in [1.165, 1.54) is 0 Å². The number of hydrogen-bond acceptors (Lipinski definition) is 5. The van der Waals surface area contributed by atoms with Crippen molar-refractivity contribution in [3.05, 3.63) is 45.7 Å². The van der Waals surface area contributed by atoms with Gasteiger partial charge in [0.05, 0.1) is 5.69 Å². The van der Waals surface area contributed by atoms with Gasteiger partial charge in [0.25, 0.3) is 5.56 Å². The number of aromatic carboxylic acids is 1. The number of carbonyl (C=O) groups is 1. The van der Waals surface area contributed by atoms with E-state index < -0.39 is 22.8 Å². The number of pyridine rings is 1. The number of likely N-dealkylation sites (tertiary alicyclic amines) is 1. The van der Waals surface area contributed by atoms with Gasteiger partial charge in [-0.05, 0) is 43.0 Å². The zero-order valence-electron chi connectivity index (χ0n) is 16.1. The van der Waals surface area contributed by atoms with Crippen LogP contribution in [0.2, 0.25) is 0 Å². The summed E-state index contributed by atoms with van der Waals surface area (Å²) in [6.07, 6.45) is 0.406. The third-order valence-corrected chi connectivity index (χ3v) is 6.05. The Morgan fingerprint density at radius 3 is 2.29 bits per heavy atom. The molecule has 2 saturated heterocycles. The number of aromatic hydroxyl groups is 1. The van der Waals surface area contributed by atoms with Gasteiger partial charge in [0, 0.05) is 37.4 Å². The standard InChI is InChI=1S/C21H25N3O4/c1-3-16-18(22-20(26)17(19(16)25)21(27)28)12-4-6-15(7-5-12)24-10-13-8-23(2)9-14(13)11-24/h4-7,13-14H,3,8-11H2,1-2H3,(H,27,28)(H2,22,25,26). The average molecular weight is 383 g/mol. The molecular weight excluding hydrogens is 358 g/mol. The molecule has 2 unspecified atom stereocenters. The summed E-state index contributed by atoms with van der Waals surface area (Å²) in [4.78, 5) is 30.9. The lowest BCUT2D eigenvalue weighted by Crippen LogP contribution is -2.26. The minimum atomic E-state index is -1.43. The van der Waals surface area contributed by atoms with E-state index >= 15 is 0 Å². The van der Waals surface area contributed by atoms with Crippen LogP contribution in [-0.4, -0.2) is 59.3 Å². The van der Waals surface area contributed by atoms with Crippen molar-refractivity contribution in [1.29, 1.82) is 0 Å². The summed E-state index contributed by atoms with van der Waals surface area (Å²) < 4.78 is 0.